The summed E-state index contributed by atoms with van der Waals surface area (Å²) in [5, 5.41) is -1.29. The molecule has 0 radical (unpaired) electrons. The van der Waals surface area contributed by atoms with Gasteiger partial charge in [-0.15, -0.1) is 0 Å². The number of esters is 1. The molecule has 0 aliphatic heterocycles. The van der Waals surface area contributed by atoms with Crippen molar-refractivity contribution in [1.82, 2.24) is 0 Å². The molecule has 1 fully saturated rings. The van der Waals surface area contributed by atoms with Gasteiger partial charge in [0.25, 0.3) is 6.43 Å². The molecule has 0 bridgehead atoms. The zero-order chi connectivity index (χ0) is 18.3. The van der Waals surface area contributed by atoms with E-state index in [1.807, 2.05) is 0 Å². The van der Waals surface area contributed by atoms with E-state index in [1.165, 1.54) is 6.07 Å². The van der Waals surface area contributed by atoms with Crippen molar-refractivity contribution in [3.8, 4) is 0 Å². The zero-order valence-electron chi connectivity index (χ0n) is 12.7. The molecule has 1 aliphatic rings. The Morgan fingerprint density at radius 3 is 2.54 bits per heavy atom. The number of carbonyl (C=O) groups excluding carboxylic acids is 1. The Labute approximate surface area is 139 Å². The van der Waals surface area contributed by atoms with Gasteiger partial charge in [-0.25, -0.2) is 8.78 Å². The number of carbonyl (C=O) groups is 1. The third-order valence-electron chi connectivity index (χ3n) is 4.02. The Morgan fingerprint density at radius 1 is 1.42 bits per heavy atom. The lowest BCUT2D eigenvalue weighted by molar-refractivity contribution is -0.148. The summed E-state index contributed by atoms with van der Waals surface area (Å²) in [6.07, 6.45) is -6.65. The Bertz CT molecular complexity index is 648. The van der Waals surface area contributed by atoms with Crippen molar-refractivity contribution in [2.24, 2.45) is 17.3 Å². The standard InChI is InChI=1S/C15H14ClF5O3/c1-14(2)8(5-10(16)15(19,20)21)11(14)13(22)23-6-7-3-4-9(24-7)12(17)18/h3-5,8,11-12H,6H2,1-2H3/b10-5-/t8-,11-/m0/s1. The molecule has 2 rings (SSSR count). The maximum Gasteiger partial charge on any atom is 0.426 e. The molecule has 0 unspecified atom stereocenters. The van der Waals surface area contributed by atoms with Crippen molar-refractivity contribution in [2.75, 3.05) is 0 Å². The van der Waals surface area contributed by atoms with Gasteiger partial charge in [0.15, 0.2) is 5.76 Å². The lowest BCUT2D eigenvalue weighted by Gasteiger charge is -2.04. The number of hydrogen-bond donors (Lipinski definition) is 0. The van der Waals surface area contributed by atoms with Crippen LogP contribution >= 0.6 is 11.6 Å². The SMILES string of the molecule is CC1(C)[C@H](C(=O)OCc2ccc(C(F)F)o2)[C@@H]1/C=C(\Cl)C(F)(F)F. The number of furan rings is 1. The van der Waals surface area contributed by atoms with Gasteiger partial charge in [0.1, 0.15) is 17.4 Å². The minimum atomic E-state index is -4.67. The summed E-state index contributed by atoms with van der Waals surface area (Å²) in [4.78, 5) is 12.0. The van der Waals surface area contributed by atoms with Gasteiger partial charge in [0.05, 0.1) is 5.92 Å². The summed E-state index contributed by atoms with van der Waals surface area (Å²) >= 11 is 5.19. The van der Waals surface area contributed by atoms with Crippen LogP contribution in [0.1, 0.15) is 31.8 Å². The van der Waals surface area contributed by atoms with Crippen LogP contribution in [0.3, 0.4) is 0 Å². The molecular formula is C15H14ClF5O3. The number of rotatable bonds is 5. The van der Waals surface area contributed by atoms with E-state index in [1.54, 1.807) is 13.8 Å². The van der Waals surface area contributed by atoms with Crippen molar-refractivity contribution < 1.29 is 35.9 Å². The van der Waals surface area contributed by atoms with Crippen molar-refractivity contribution >= 4 is 17.6 Å². The Morgan fingerprint density at radius 2 is 2.04 bits per heavy atom. The van der Waals surface area contributed by atoms with Gasteiger partial charge in [-0.2, -0.15) is 13.2 Å². The van der Waals surface area contributed by atoms with Gasteiger partial charge >= 0.3 is 12.1 Å². The smallest absolute Gasteiger partial charge is 0.426 e. The number of halogens is 6. The van der Waals surface area contributed by atoms with E-state index in [2.05, 4.69) is 0 Å². The molecule has 2 atom stereocenters. The number of allylic oxidation sites excluding steroid dienone is 2. The molecule has 3 nitrogen and oxygen atoms in total. The van der Waals surface area contributed by atoms with E-state index < -0.39 is 46.6 Å². The second-order valence-corrected chi connectivity index (χ2v) is 6.46. The molecule has 9 heteroatoms. The number of alkyl halides is 5. The van der Waals surface area contributed by atoms with Crippen LogP contribution in [0, 0.1) is 17.3 Å². The molecule has 1 aliphatic carbocycles. The minimum absolute atomic E-state index is 0.0255. The van der Waals surface area contributed by atoms with Crippen LogP contribution < -0.4 is 0 Å². The lowest BCUT2D eigenvalue weighted by Crippen LogP contribution is -2.10. The van der Waals surface area contributed by atoms with E-state index in [0.717, 1.165) is 12.1 Å². The summed E-state index contributed by atoms with van der Waals surface area (Å²) < 4.78 is 71.9. The molecule has 0 aromatic carbocycles. The molecule has 0 saturated heterocycles. The normalized spacial score (nSPS) is 23.5. The van der Waals surface area contributed by atoms with E-state index in [9.17, 15) is 26.7 Å². The molecule has 0 amide bonds. The predicted molar refractivity (Wildman–Crippen MR) is 74.2 cm³/mol. The van der Waals surface area contributed by atoms with E-state index >= 15 is 0 Å². The van der Waals surface area contributed by atoms with Crippen LogP contribution in [0.2, 0.25) is 0 Å². The molecule has 0 spiro atoms. The van der Waals surface area contributed by atoms with Gasteiger partial charge in [0.2, 0.25) is 0 Å². The lowest BCUT2D eigenvalue weighted by atomic mass is 10.1. The highest BCUT2D eigenvalue weighted by Gasteiger charge is 2.62. The molecule has 1 aromatic heterocycles. The molecule has 0 N–H and O–H groups in total. The zero-order valence-corrected chi connectivity index (χ0v) is 13.4. The molecular weight excluding hydrogens is 359 g/mol. The summed E-state index contributed by atoms with van der Waals surface area (Å²) in [5.74, 6) is -2.77. The second kappa shape index (κ2) is 6.38. The van der Waals surface area contributed by atoms with Gasteiger partial charge in [0, 0.05) is 0 Å². The fourth-order valence-electron chi connectivity index (χ4n) is 2.51. The molecule has 1 aromatic rings. The van der Waals surface area contributed by atoms with Crippen molar-refractivity contribution in [1.29, 1.82) is 0 Å². The first kappa shape index (κ1) is 18.8. The maximum atomic E-state index is 12.5. The Kier molecular flexibility index (Phi) is 4.99. The van der Waals surface area contributed by atoms with Gasteiger partial charge in [-0.3, -0.25) is 4.79 Å². The fraction of sp³-hybridized carbons (Fsp3) is 0.533. The fourth-order valence-corrected chi connectivity index (χ4v) is 2.65. The maximum absolute atomic E-state index is 12.5. The minimum Gasteiger partial charge on any atom is -0.457 e. The van der Waals surface area contributed by atoms with Crippen LogP contribution in [-0.4, -0.2) is 12.1 Å². The van der Waals surface area contributed by atoms with Gasteiger partial charge < -0.3 is 9.15 Å². The van der Waals surface area contributed by atoms with E-state index in [4.69, 9.17) is 20.8 Å². The molecule has 24 heavy (non-hydrogen) atoms. The van der Waals surface area contributed by atoms with Gasteiger partial charge in [-0.1, -0.05) is 31.5 Å². The first-order chi connectivity index (χ1) is 10.9. The summed E-state index contributed by atoms with van der Waals surface area (Å²) in [5.41, 5.74) is -0.736. The number of hydrogen-bond acceptors (Lipinski definition) is 3. The van der Waals surface area contributed by atoms with Crippen LogP contribution in [0.5, 0.6) is 0 Å². The van der Waals surface area contributed by atoms with E-state index in [0.29, 0.717) is 0 Å². The molecule has 1 heterocycles. The van der Waals surface area contributed by atoms with Gasteiger partial charge in [-0.05, 0) is 23.5 Å². The first-order valence-corrected chi connectivity index (χ1v) is 7.30. The average Bonchev–Trinajstić information content (AvgIpc) is 2.83. The average molecular weight is 373 g/mol. The quantitative estimate of drug-likeness (QED) is 0.525. The van der Waals surface area contributed by atoms with Crippen molar-refractivity contribution in [3.63, 3.8) is 0 Å². The van der Waals surface area contributed by atoms with Crippen molar-refractivity contribution in [3.05, 3.63) is 34.8 Å². The number of ether oxygens (including phenoxy) is 1. The summed E-state index contributed by atoms with van der Waals surface area (Å²) in [7, 11) is 0. The van der Waals surface area contributed by atoms with Crippen LogP contribution in [0.15, 0.2) is 27.7 Å². The largest absolute Gasteiger partial charge is 0.457 e. The summed E-state index contributed by atoms with van der Waals surface area (Å²) in [6, 6.07) is 2.30. The molecule has 1 saturated carbocycles. The highest BCUT2D eigenvalue weighted by molar-refractivity contribution is 6.30. The summed E-state index contributed by atoms with van der Waals surface area (Å²) in [6.45, 7) is 2.85. The first-order valence-electron chi connectivity index (χ1n) is 6.92. The highest BCUT2D eigenvalue weighted by atomic mass is 35.5. The topological polar surface area (TPSA) is 39.4 Å². The monoisotopic (exact) mass is 372 g/mol. The molecule has 134 valence electrons. The second-order valence-electron chi connectivity index (χ2n) is 6.05. The Balaban J connectivity index is 1.97. The Hall–Kier alpha value is -1.57. The van der Waals surface area contributed by atoms with Crippen LogP contribution in [0.25, 0.3) is 0 Å². The van der Waals surface area contributed by atoms with E-state index in [-0.39, 0.29) is 12.4 Å². The highest BCUT2D eigenvalue weighted by Crippen LogP contribution is 2.60. The third kappa shape index (κ3) is 3.91. The predicted octanol–water partition coefficient (Wildman–Crippen LogP) is 5.22. The van der Waals surface area contributed by atoms with Crippen LogP contribution in [0.4, 0.5) is 22.0 Å². The third-order valence-corrected chi connectivity index (χ3v) is 4.36. The van der Waals surface area contributed by atoms with Crippen molar-refractivity contribution in [2.45, 2.75) is 33.1 Å². The van der Waals surface area contributed by atoms with Crippen LogP contribution in [-0.2, 0) is 16.1 Å².